The number of carbonyl (C=O) groups is 1. The third-order valence-electron chi connectivity index (χ3n) is 13.5. The number of nitrogens with one attached hydrogen (secondary N) is 2. The van der Waals surface area contributed by atoms with E-state index < -0.39 is 43.6 Å². The van der Waals surface area contributed by atoms with Crippen molar-refractivity contribution in [2.75, 3.05) is 44.2 Å². The van der Waals surface area contributed by atoms with Gasteiger partial charge in [-0.3, -0.25) is 19.8 Å². The van der Waals surface area contributed by atoms with Crippen LogP contribution in [0.15, 0.2) is 95.7 Å². The van der Waals surface area contributed by atoms with E-state index in [9.17, 15) is 33.5 Å². The Kier molecular flexibility index (Phi) is 11.9. The van der Waals surface area contributed by atoms with E-state index in [-0.39, 0.29) is 46.8 Å². The molecular weight excluding hydrogens is 860 g/mol. The number of fused-ring (bicyclic) bond motifs is 3. The minimum Gasteiger partial charge on any atom is -0.487 e. The van der Waals surface area contributed by atoms with Crippen LogP contribution in [-0.4, -0.2) is 95.9 Å². The Morgan fingerprint density at radius 1 is 1.00 bits per heavy atom. The van der Waals surface area contributed by atoms with Gasteiger partial charge in [-0.25, -0.2) is 18.1 Å². The number of carbonyl (C=O) groups excluding carboxylic acids is 1. The number of H-pyrrole nitrogens is 1. The number of sulfonamides is 1. The number of piperazine rings is 1. The lowest BCUT2D eigenvalue weighted by Crippen LogP contribution is -2.47. The predicted molar refractivity (Wildman–Crippen MR) is 242 cm³/mol. The van der Waals surface area contributed by atoms with Gasteiger partial charge in [-0.15, -0.1) is 0 Å². The second-order valence-corrected chi connectivity index (χ2v) is 20.4. The average molecular weight is 911 g/mol. The number of aromatic nitrogens is 2. The number of ether oxygens (including phenoxy) is 2. The first-order valence-electron chi connectivity index (χ1n) is 21.6. The van der Waals surface area contributed by atoms with Crippen molar-refractivity contribution in [1.82, 2.24) is 19.6 Å². The number of pyridine rings is 1. The summed E-state index contributed by atoms with van der Waals surface area (Å²) in [5.41, 5.74) is 5.05. The van der Waals surface area contributed by atoms with E-state index in [4.69, 9.17) is 21.1 Å². The number of nitro benzene ring substituents is 1. The van der Waals surface area contributed by atoms with E-state index in [1.807, 2.05) is 18.2 Å². The number of nitro groups is 1. The topological polar surface area (TPSA) is 200 Å². The second-order valence-electron chi connectivity index (χ2n) is 18.3. The quantitative estimate of drug-likeness (QED) is 0.0668. The molecule has 3 fully saturated rings. The second kappa shape index (κ2) is 17.5. The highest BCUT2D eigenvalue weighted by Gasteiger charge is 2.51. The molecule has 2 unspecified atom stereocenters. The zero-order valence-electron chi connectivity index (χ0n) is 35.6. The molecule has 2 saturated carbocycles. The summed E-state index contributed by atoms with van der Waals surface area (Å²) in [6.45, 7) is 8.59. The van der Waals surface area contributed by atoms with Crippen LogP contribution in [-0.2, 0) is 10.0 Å². The van der Waals surface area contributed by atoms with Crippen LogP contribution >= 0.6 is 11.6 Å². The largest absolute Gasteiger partial charge is 0.487 e. The molecule has 4 N–H and O–H groups in total. The van der Waals surface area contributed by atoms with E-state index in [1.165, 1.54) is 35.0 Å². The van der Waals surface area contributed by atoms with Gasteiger partial charge in [-0.1, -0.05) is 43.2 Å². The lowest BCUT2D eigenvalue weighted by molar-refractivity contribution is -0.386. The Labute approximate surface area is 376 Å². The van der Waals surface area contributed by atoms with Crippen LogP contribution in [0.25, 0.3) is 16.6 Å². The zero-order chi connectivity index (χ0) is 44.9. The van der Waals surface area contributed by atoms with Crippen molar-refractivity contribution < 1.29 is 37.8 Å². The number of hydrogen-bond acceptors (Lipinski definition) is 12. The van der Waals surface area contributed by atoms with E-state index in [0.717, 1.165) is 67.1 Å². The van der Waals surface area contributed by atoms with Crippen molar-refractivity contribution in [1.29, 1.82) is 0 Å². The predicted octanol–water partition coefficient (Wildman–Crippen LogP) is 7.58. The van der Waals surface area contributed by atoms with Gasteiger partial charge in [0.1, 0.15) is 17.1 Å². The van der Waals surface area contributed by atoms with Gasteiger partial charge >= 0.3 is 5.69 Å². The van der Waals surface area contributed by atoms with E-state index in [1.54, 1.807) is 24.4 Å². The fourth-order valence-corrected chi connectivity index (χ4v) is 11.1. The number of rotatable bonds is 13. The van der Waals surface area contributed by atoms with Crippen LogP contribution in [0.3, 0.4) is 0 Å². The Bertz CT molecular complexity index is 2730. The highest BCUT2D eigenvalue weighted by molar-refractivity contribution is 7.90. The van der Waals surface area contributed by atoms with Crippen LogP contribution in [0, 0.1) is 33.3 Å². The minimum atomic E-state index is -4.64. The molecule has 3 aliphatic carbocycles. The fraction of sp³-hybridized carbons (Fsp3) is 0.404. The number of aliphatic hydroxyl groups is 2. The number of hydrogen-bond donors (Lipinski definition) is 4. The molecule has 9 rings (SSSR count). The summed E-state index contributed by atoms with van der Waals surface area (Å²) < 4.78 is 41.6. The number of aliphatic hydroxyl groups excluding tert-OH is 2. The molecule has 4 aliphatic rings. The SMILES string of the molecule is CC1(C)CCC(CN2CCN(c3ccc(C(=O)NS(=O)(=O)c4ccc(OCC5C[C@@H]6C[C@H]5[C@H](O)C6O)c([N+](=O)[O-])c4)c(Oc4cnc5[nH]ccc5c4)c3)CC2)=C(c2ccc(Cl)cc2)C1. The Hall–Kier alpha value is -5.52. The summed E-state index contributed by atoms with van der Waals surface area (Å²) in [4.78, 5) is 37.0. The molecule has 17 heteroatoms. The molecule has 1 amide bonds. The third-order valence-corrected chi connectivity index (χ3v) is 15.1. The zero-order valence-corrected chi connectivity index (χ0v) is 37.1. The summed E-state index contributed by atoms with van der Waals surface area (Å²) in [5.74, 6) is -1.09. The standard InChI is InChI=1S/C47H51ClN6O9S/c1-47(2)13-11-30(39(24-47)28-3-5-33(48)6-4-28)26-52-15-17-53(18-16-52)34-7-9-37(42(22-34)63-35-20-29-12-14-49-45(29)50-25-35)46(57)51-64(60,61)36-8-10-41(40(23-36)54(58)59)62-27-32-19-31-21-38(32)44(56)43(31)55/h3-10,12,14,20,22-23,25,31-32,38,43-44,55-56H,11,13,15-19,21,24,26-27H2,1-2H3,(H,49,50)(H,51,57)/t31-,32?,38-,43?,44+/m1/s1. The Balaban J connectivity index is 0.920. The first-order valence-corrected chi connectivity index (χ1v) is 23.5. The minimum absolute atomic E-state index is 0.0540. The third kappa shape index (κ3) is 9.07. The summed E-state index contributed by atoms with van der Waals surface area (Å²) >= 11 is 6.24. The van der Waals surface area contributed by atoms with Gasteiger partial charge in [0.05, 0.1) is 40.4 Å². The smallest absolute Gasteiger partial charge is 0.312 e. The van der Waals surface area contributed by atoms with Crippen molar-refractivity contribution in [3.8, 4) is 17.2 Å². The van der Waals surface area contributed by atoms with Crippen LogP contribution in [0.2, 0.25) is 5.02 Å². The molecule has 5 aromatic rings. The van der Waals surface area contributed by atoms with E-state index in [0.29, 0.717) is 37.3 Å². The molecular formula is C47H51ClN6O9S. The van der Waals surface area contributed by atoms with Crippen LogP contribution < -0.4 is 19.1 Å². The molecule has 3 aromatic carbocycles. The molecule has 1 aliphatic heterocycles. The number of allylic oxidation sites excluding steroid dienone is 1. The molecule has 1 saturated heterocycles. The van der Waals surface area contributed by atoms with E-state index >= 15 is 0 Å². The van der Waals surface area contributed by atoms with Gasteiger partial charge in [0.2, 0.25) is 0 Å². The summed E-state index contributed by atoms with van der Waals surface area (Å²) in [6, 6.07) is 19.9. The van der Waals surface area contributed by atoms with Crippen LogP contribution in [0.4, 0.5) is 11.4 Å². The number of nitrogens with zero attached hydrogens (tertiary/aromatic N) is 4. The normalized spacial score (nSPS) is 23.4. The summed E-state index contributed by atoms with van der Waals surface area (Å²) in [7, 11) is -4.64. The Morgan fingerprint density at radius 3 is 2.52 bits per heavy atom. The van der Waals surface area contributed by atoms with Crippen molar-refractivity contribution in [2.45, 2.75) is 63.1 Å². The molecule has 3 heterocycles. The molecule has 64 heavy (non-hydrogen) atoms. The molecule has 2 aromatic heterocycles. The highest BCUT2D eigenvalue weighted by atomic mass is 35.5. The van der Waals surface area contributed by atoms with Crippen molar-refractivity contribution in [3.63, 3.8) is 0 Å². The first kappa shape index (κ1) is 43.7. The summed E-state index contributed by atoms with van der Waals surface area (Å²) in [5, 5.41) is 34.1. The summed E-state index contributed by atoms with van der Waals surface area (Å²) in [6.07, 6.45) is 6.00. The maximum atomic E-state index is 13.9. The van der Waals surface area contributed by atoms with Gasteiger partial charge in [0, 0.05) is 67.1 Å². The molecule has 15 nitrogen and oxygen atoms in total. The van der Waals surface area contributed by atoms with Crippen LogP contribution in [0.5, 0.6) is 17.2 Å². The molecule has 2 bridgehead atoms. The number of anilines is 1. The maximum absolute atomic E-state index is 13.9. The van der Waals surface area contributed by atoms with Gasteiger partial charge in [-0.05, 0) is 115 Å². The molecule has 336 valence electrons. The lowest BCUT2D eigenvalue weighted by atomic mass is 9.72. The van der Waals surface area contributed by atoms with Gasteiger partial charge in [0.25, 0.3) is 15.9 Å². The van der Waals surface area contributed by atoms with Crippen molar-refractivity contribution in [2.24, 2.45) is 23.2 Å². The number of benzene rings is 3. The van der Waals surface area contributed by atoms with Crippen molar-refractivity contribution >= 4 is 55.5 Å². The monoisotopic (exact) mass is 910 g/mol. The molecule has 5 atom stereocenters. The lowest BCUT2D eigenvalue weighted by Gasteiger charge is -2.39. The highest BCUT2D eigenvalue weighted by Crippen LogP contribution is 2.49. The van der Waals surface area contributed by atoms with Crippen molar-refractivity contribution in [3.05, 3.63) is 117 Å². The number of halogens is 1. The Morgan fingerprint density at radius 2 is 1.78 bits per heavy atom. The van der Waals surface area contributed by atoms with Gasteiger partial charge < -0.3 is 29.6 Å². The van der Waals surface area contributed by atoms with E-state index in [2.05, 4.69) is 50.5 Å². The molecule has 0 radical (unpaired) electrons. The number of amides is 1. The van der Waals surface area contributed by atoms with Crippen LogP contribution in [0.1, 0.15) is 61.9 Å². The maximum Gasteiger partial charge on any atom is 0.312 e. The average Bonchev–Trinajstić information content (AvgIpc) is 3.99. The molecule has 0 spiro atoms. The van der Waals surface area contributed by atoms with Gasteiger partial charge in [-0.2, -0.15) is 0 Å². The van der Waals surface area contributed by atoms with Gasteiger partial charge in [0.15, 0.2) is 5.75 Å². The first-order chi connectivity index (χ1) is 30.6. The fourth-order valence-electron chi connectivity index (χ4n) is 9.96. The number of aromatic amines is 1.